The van der Waals surface area contributed by atoms with Gasteiger partial charge in [0.2, 0.25) is 0 Å². The summed E-state index contributed by atoms with van der Waals surface area (Å²) in [6.45, 7) is 0. The Morgan fingerprint density at radius 2 is 1.66 bits per heavy atom. The lowest BCUT2D eigenvalue weighted by molar-refractivity contribution is -0.143. The van der Waals surface area contributed by atoms with E-state index in [0.717, 1.165) is 16.7 Å². The lowest BCUT2D eigenvalue weighted by atomic mass is 10.1. The molecule has 1 aromatic carbocycles. The molecule has 1 amide bonds. The Balaban J connectivity index is 2.18. The summed E-state index contributed by atoms with van der Waals surface area (Å²) < 4.78 is 103. The molecule has 0 bridgehead atoms. The molecule has 0 aromatic heterocycles. The number of nitrogens with zero attached hydrogens (tertiary/aromatic N) is 2. The molecule has 0 aliphatic carbocycles. The lowest BCUT2D eigenvalue weighted by Gasteiger charge is -2.26. The van der Waals surface area contributed by atoms with E-state index in [4.69, 9.17) is 11.6 Å². The summed E-state index contributed by atoms with van der Waals surface area (Å²) in [5.41, 5.74) is -3.66. The van der Waals surface area contributed by atoms with Crippen LogP contribution in [0.5, 0.6) is 0 Å². The molecule has 0 unspecified atom stereocenters. The van der Waals surface area contributed by atoms with Gasteiger partial charge in [0, 0.05) is 10.9 Å². The Labute approximate surface area is 170 Å². The van der Waals surface area contributed by atoms with Crippen molar-refractivity contribution >= 4 is 50.0 Å². The van der Waals surface area contributed by atoms with Gasteiger partial charge in [0.05, 0.1) is 28.7 Å². The first kappa shape index (κ1) is 22.2. The number of thioether (sulfide) groups is 1. The van der Waals surface area contributed by atoms with E-state index < -0.39 is 67.8 Å². The third-order valence-electron chi connectivity index (χ3n) is 4.25. The number of alkyl halides is 7. The zero-order valence-electron chi connectivity index (χ0n) is 14.1. The van der Waals surface area contributed by atoms with Gasteiger partial charge in [-0.3, -0.25) is 4.79 Å². The van der Waals surface area contributed by atoms with Crippen molar-refractivity contribution in [1.29, 1.82) is 0 Å². The van der Waals surface area contributed by atoms with Crippen LogP contribution in [0.2, 0.25) is 0 Å². The molecule has 5 nitrogen and oxygen atoms in total. The minimum absolute atomic E-state index is 0.0314. The molecule has 3 rings (SSSR count). The second kappa shape index (κ2) is 7.34. The highest BCUT2D eigenvalue weighted by molar-refractivity contribution is 8.16. The standard InChI is InChI=1S/C15H11ClF6N2O3S2/c16-4-12(25)23-13-24(10-5-29(26,27)6-11(10)28-13)9-2-7(14(17,18)19)1-8(3-9)15(20,21)22/h1-3,10-11H,4-6H2/t10-,11-/m1/s1. The van der Waals surface area contributed by atoms with Gasteiger partial charge in [0.25, 0.3) is 5.91 Å². The average molecular weight is 481 g/mol. The first-order valence-electron chi connectivity index (χ1n) is 7.84. The maximum Gasteiger partial charge on any atom is 0.416 e. The van der Waals surface area contributed by atoms with Crippen molar-refractivity contribution in [3.8, 4) is 0 Å². The van der Waals surface area contributed by atoms with Gasteiger partial charge in [-0.2, -0.15) is 31.3 Å². The van der Waals surface area contributed by atoms with Crippen LogP contribution in [-0.4, -0.2) is 48.2 Å². The van der Waals surface area contributed by atoms with E-state index in [2.05, 4.69) is 4.99 Å². The Morgan fingerprint density at radius 1 is 1.10 bits per heavy atom. The van der Waals surface area contributed by atoms with Crippen LogP contribution in [0.4, 0.5) is 32.0 Å². The Kier molecular flexibility index (Phi) is 5.63. The highest BCUT2D eigenvalue weighted by Crippen LogP contribution is 2.44. The number of amides is 1. The topological polar surface area (TPSA) is 66.8 Å². The van der Waals surface area contributed by atoms with Crippen molar-refractivity contribution in [2.45, 2.75) is 23.6 Å². The van der Waals surface area contributed by atoms with E-state index in [-0.39, 0.29) is 17.0 Å². The Hall–Kier alpha value is -1.47. The molecule has 160 valence electrons. The second-order valence-electron chi connectivity index (χ2n) is 6.36. The van der Waals surface area contributed by atoms with E-state index in [1.54, 1.807) is 0 Å². The molecule has 0 saturated carbocycles. The molecule has 0 radical (unpaired) electrons. The summed E-state index contributed by atoms with van der Waals surface area (Å²) in [5.74, 6) is -2.24. The fourth-order valence-corrected chi connectivity index (χ4v) is 7.07. The van der Waals surface area contributed by atoms with E-state index >= 15 is 0 Å². The van der Waals surface area contributed by atoms with Crippen LogP contribution >= 0.6 is 23.4 Å². The average Bonchev–Trinajstić information content (AvgIpc) is 3.03. The zero-order valence-corrected chi connectivity index (χ0v) is 16.5. The third-order valence-corrected chi connectivity index (χ3v) is 7.69. The number of hydrogen-bond donors (Lipinski definition) is 0. The van der Waals surface area contributed by atoms with Gasteiger partial charge in [-0.25, -0.2) is 8.42 Å². The minimum Gasteiger partial charge on any atom is -0.316 e. The number of aliphatic imine (C=N–C) groups is 1. The number of sulfone groups is 1. The van der Waals surface area contributed by atoms with Crippen LogP contribution < -0.4 is 4.90 Å². The predicted molar refractivity (Wildman–Crippen MR) is 95.9 cm³/mol. The van der Waals surface area contributed by atoms with Gasteiger partial charge in [0.1, 0.15) is 5.88 Å². The smallest absolute Gasteiger partial charge is 0.316 e. The van der Waals surface area contributed by atoms with Crippen LogP contribution in [0.15, 0.2) is 23.2 Å². The van der Waals surface area contributed by atoms with E-state index in [9.17, 15) is 39.6 Å². The minimum atomic E-state index is -5.08. The third kappa shape index (κ3) is 4.66. The number of carbonyl (C=O) groups is 1. The van der Waals surface area contributed by atoms with Gasteiger partial charge in [-0.1, -0.05) is 11.8 Å². The fourth-order valence-electron chi connectivity index (χ4n) is 3.08. The summed E-state index contributed by atoms with van der Waals surface area (Å²) in [4.78, 5) is 16.2. The number of hydrogen-bond acceptors (Lipinski definition) is 4. The van der Waals surface area contributed by atoms with Crippen LogP contribution in [0.1, 0.15) is 11.1 Å². The van der Waals surface area contributed by atoms with Gasteiger partial charge < -0.3 is 4.90 Å². The van der Waals surface area contributed by atoms with Gasteiger partial charge in [0.15, 0.2) is 15.0 Å². The number of carbonyl (C=O) groups excluding carboxylic acids is 1. The highest BCUT2D eigenvalue weighted by atomic mass is 35.5. The molecule has 2 atom stereocenters. The van der Waals surface area contributed by atoms with Crippen LogP contribution in [0.25, 0.3) is 0 Å². The Morgan fingerprint density at radius 3 is 2.14 bits per heavy atom. The summed E-state index contributed by atoms with van der Waals surface area (Å²) in [5, 5.41) is -0.876. The number of anilines is 1. The summed E-state index contributed by atoms with van der Waals surface area (Å²) >= 11 is 6.19. The van der Waals surface area contributed by atoms with E-state index in [1.165, 1.54) is 0 Å². The molecule has 29 heavy (non-hydrogen) atoms. The second-order valence-corrected chi connectivity index (χ2v) is 9.98. The number of amidine groups is 1. The molecule has 0 N–H and O–H groups in total. The maximum absolute atomic E-state index is 13.2. The van der Waals surface area contributed by atoms with Crippen LogP contribution in [0.3, 0.4) is 0 Å². The quantitative estimate of drug-likeness (QED) is 0.478. The van der Waals surface area contributed by atoms with Gasteiger partial charge in [-0.05, 0) is 18.2 Å². The molecule has 2 saturated heterocycles. The monoisotopic (exact) mass is 480 g/mol. The van der Waals surface area contributed by atoms with Crippen molar-refractivity contribution in [3.63, 3.8) is 0 Å². The van der Waals surface area contributed by atoms with Crippen molar-refractivity contribution < 1.29 is 39.6 Å². The first-order valence-corrected chi connectivity index (χ1v) is 11.1. The molecular formula is C15H11ClF6N2O3S2. The molecule has 14 heteroatoms. The number of halogens is 7. The number of fused-ring (bicyclic) bond motifs is 1. The largest absolute Gasteiger partial charge is 0.416 e. The molecule has 2 aliphatic heterocycles. The van der Waals surface area contributed by atoms with Gasteiger partial charge >= 0.3 is 12.4 Å². The molecule has 2 aliphatic rings. The summed E-state index contributed by atoms with van der Waals surface area (Å²) in [6, 6.07) is -0.0410. The normalized spacial score (nSPS) is 25.5. The van der Waals surface area contributed by atoms with Crippen LogP contribution in [0, 0.1) is 0 Å². The van der Waals surface area contributed by atoms with Gasteiger partial charge in [-0.15, -0.1) is 11.6 Å². The molecule has 0 spiro atoms. The lowest BCUT2D eigenvalue weighted by Crippen LogP contribution is -2.38. The van der Waals surface area contributed by atoms with E-state index in [1.807, 2.05) is 0 Å². The predicted octanol–water partition coefficient (Wildman–Crippen LogP) is 3.56. The molecular weight excluding hydrogens is 470 g/mol. The van der Waals surface area contributed by atoms with Crippen molar-refractivity contribution in [2.75, 3.05) is 22.3 Å². The van der Waals surface area contributed by atoms with E-state index in [0.29, 0.717) is 12.1 Å². The van der Waals surface area contributed by atoms with Crippen LogP contribution in [-0.2, 0) is 27.0 Å². The summed E-state index contributed by atoms with van der Waals surface area (Å²) in [6.07, 6.45) is -10.2. The summed E-state index contributed by atoms with van der Waals surface area (Å²) in [7, 11) is -3.55. The first-order chi connectivity index (χ1) is 13.2. The number of benzene rings is 1. The number of rotatable bonds is 2. The molecule has 1 aromatic rings. The zero-order chi connectivity index (χ0) is 21.8. The van der Waals surface area contributed by atoms with Crippen molar-refractivity contribution in [1.82, 2.24) is 0 Å². The van der Waals surface area contributed by atoms with Crippen molar-refractivity contribution in [3.05, 3.63) is 29.3 Å². The fraction of sp³-hybridized carbons (Fsp3) is 0.467. The molecule has 2 fully saturated rings. The highest BCUT2D eigenvalue weighted by Gasteiger charge is 2.50. The SMILES string of the molecule is O=C(CCl)N=C1S[C@@H]2CS(=O)(=O)C[C@H]2N1c1cc(C(F)(F)F)cc(C(F)(F)F)c1. The molecule has 2 heterocycles. The Bertz CT molecular complexity index is 945. The maximum atomic E-state index is 13.2. The van der Waals surface area contributed by atoms with Crippen molar-refractivity contribution in [2.24, 2.45) is 4.99 Å².